The van der Waals surface area contributed by atoms with Gasteiger partial charge in [-0.1, -0.05) is 5.21 Å². The van der Waals surface area contributed by atoms with Crippen LogP contribution in [0.25, 0.3) is 11.4 Å². The van der Waals surface area contributed by atoms with Crippen LogP contribution in [0.15, 0.2) is 17.0 Å². The Morgan fingerprint density at radius 3 is 2.62 bits per heavy atom. The number of carbonyl (C=O) groups excluding carboxylic acids is 1. The van der Waals surface area contributed by atoms with Crippen LogP contribution in [0.2, 0.25) is 0 Å². The van der Waals surface area contributed by atoms with Crippen molar-refractivity contribution in [2.75, 3.05) is 6.26 Å². The lowest BCUT2D eigenvalue weighted by molar-refractivity contribution is 0.207. The van der Waals surface area contributed by atoms with Crippen molar-refractivity contribution in [3.8, 4) is 17.3 Å². The number of rotatable bonds is 3. The van der Waals surface area contributed by atoms with Crippen molar-refractivity contribution < 1.29 is 22.3 Å². The summed E-state index contributed by atoms with van der Waals surface area (Å²) in [5, 5.41) is 7.27. The summed E-state index contributed by atoms with van der Waals surface area (Å²) in [6.07, 6.45) is -0.244. The number of carbonyl (C=O) groups is 1. The second-order valence-corrected chi connectivity index (χ2v) is 6.03. The van der Waals surface area contributed by atoms with Gasteiger partial charge >= 0.3 is 6.09 Å². The molecule has 0 saturated heterocycles. The summed E-state index contributed by atoms with van der Waals surface area (Å²) in [5.41, 5.74) is 4.81. The van der Waals surface area contributed by atoms with Gasteiger partial charge in [-0.15, -0.1) is 5.10 Å². The molecule has 2 rings (SSSR count). The molecule has 21 heavy (non-hydrogen) atoms. The highest BCUT2D eigenvalue weighted by Gasteiger charge is 2.21. The molecule has 2 N–H and O–H groups in total. The summed E-state index contributed by atoms with van der Waals surface area (Å²) in [6, 6.07) is 2.26. The Morgan fingerprint density at radius 2 is 2.10 bits per heavy atom. The fraction of sp³-hybridized carbons (Fsp3) is 0.200. The number of hydrogen-bond donors (Lipinski definition) is 1. The standard InChI is InChI=1S/C10H10FN5O4S/c1-16-9(20-10(12)17)7(14-15-16)5-3-4-6(8(11)13-5)21(2,18)19/h3-4H,1-2H3,(H2,12,17). The van der Waals surface area contributed by atoms with Crippen LogP contribution in [0, 0.1) is 5.95 Å². The summed E-state index contributed by atoms with van der Waals surface area (Å²) in [7, 11) is -2.31. The first-order valence-corrected chi connectivity index (χ1v) is 7.33. The maximum atomic E-state index is 13.8. The quantitative estimate of drug-likeness (QED) is 0.781. The molecule has 0 aromatic carbocycles. The highest BCUT2D eigenvalue weighted by molar-refractivity contribution is 7.90. The number of pyridine rings is 1. The lowest BCUT2D eigenvalue weighted by Gasteiger charge is -2.04. The van der Waals surface area contributed by atoms with E-state index in [0.717, 1.165) is 17.0 Å². The summed E-state index contributed by atoms with van der Waals surface area (Å²) in [6.45, 7) is 0. The summed E-state index contributed by atoms with van der Waals surface area (Å²) < 4.78 is 42.2. The largest absolute Gasteiger partial charge is 0.411 e. The van der Waals surface area contributed by atoms with Crippen molar-refractivity contribution >= 4 is 15.9 Å². The highest BCUT2D eigenvalue weighted by atomic mass is 32.2. The molecular formula is C10H10FN5O4S. The van der Waals surface area contributed by atoms with Gasteiger partial charge < -0.3 is 10.5 Å². The van der Waals surface area contributed by atoms with E-state index in [1.165, 1.54) is 13.1 Å². The fourth-order valence-electron chi connectivity index (χ4n) is 1.55. The van der Waals surface area contributed by atoms with Gasteiger partial charge in [-0.3, -0.25) is 0 Å². The van der Waals surface area contributed by atoms with E-state index in [4.69, 9.17) is 10.5 Å². The molecule has 0 bridgehead atoms. The predicted octanol–water partition coefficient (Wildman–Crippen LogP) is -0.123. The molecular weight excluding hydrogens is 305 g/mol. The smallest absolute Gasteiger partial charge is 0.389 e. The van der Waals surface area contributed by atoms with Crippen molar-refractivity contribution in [3.05, 3.63) is 18.1 Å². The first kappa shape index (κ1) is 14.8. The van der Waals surface area contributed by atoms with Crippen LogP contribution in [0.4, 0.5) is 9.18 Å². The molecule has 0 radical (unpaired) electrons. The molecule has 0 spiro atoms. The molecule has 0 unspecified atom stereocenters. The molecule has 2 aromatic rings. The van der Waals surface area contributed by atoms with Gasteiger partial charge in [0, 0.05) is 13.3 Å². The van der Waals surface area contributed by atoms with E-state index in [1.54, 1.807) is 0 Å². The number of hydrogen-bond acceptors (Lipinski definition) is 7. The van der Waals surface area contributed by atoms with E-state index in [9.17, 15) is 17.6 Å². The first-order valence-electron chi connectivity index (χ1n) is 5.44. The van der Waals surface area contributed by atoms with Gasteiger partial charge in [-0.25, -0.2) is 22.9 Å². The highest BCUT2D eigenvalue weighted by Crippen LogP contribution is 2.27. The third-order valence-corrected chi connectivity index (χ3v) is 3.53. The molecule has 2 aromatic heterocycles. The minimum Gasteiger partial charge on any atom is -0.389 e. The molecule has 0 atom stereocenters. The molecule has 0 fully saturated rings. The van der Waals surface area contributed by atoms with Crippen molar-refractivity contribution in [3.63, 3.8) is 0 Å². The van der Waals surface area contributed by atoms with Crippen LogP contribution < -0.4 is 10.5 Å². The molecule has 11 heteroatoms. The van der Waals surface area contributed by atoms with Gasteiger partial charge in [0.05, 0.1) is 5.69 Å². The van der Waals surface area contributed by atoms with E-state index in [2.05, 4.69) is 15.3 Å². The van der Waals surface area contributed by atoms with Crippen LogP contribution in [-0.4, -0.2) is 40.7 Å². The van der Waals surface area contributed by atoms with Gasteiger partial charge in [0.15, 0.2) is 15.5 Å². The van der Waals surface area contributed by atoms with Crippen molar-refractivity contribution in [2.45, 2.75) is 4.90 Å². The Hall–Kier alpha value is -2.56. The Bertz CT molecular complexity index is 817. The maximum Gasteiger partial charge on any atom is 0.411 e. The number of aryl methyl sites for hydroxylation is 1. The molecule has 0 aliphatic carbocycles. The Morgan fingerprint density at radius 1 is 1.43 bits per heavy atom. The predicted molar refractivity (Wildman–Crippen MR) is 67.5 cm³/mol. The molecule has 0 aliphatic rings. The van der Waals surface area contributed by atoms with E-state index in [1.807, 2.05) is 0 Å². The second kappa shape index (κ2) is 5.09. The third kappa shape index (κ3) is 2.97. The number of aromatic nitrogens is 4. The average Bonchev–Trinajstić information content (AvgIpc) is 2.68. The lowest BCUT2D eigenvalue weighted by atomic mass is 10.3. The molecule has 112 valence electrons. The first-order chi connectivity index (χ1) is 9.70. The van der Waals surface area contributed by atoms with E-state index < -0.39 is 26.8 Å². The van der Waals surface area contributed by atoms with Gasteiger partial charge in [0.2, 0.25) is 5.95 Å². The monoisotopic (exact) mass is 315 g/mol. The zero-order chi connectivity index (χ0) is 15.8. The van der Waals surface area contributed by atoms with Crippen molar-refractivity contribution in [2.24, 2.45) is 12.8 Å². The third-order valence-electron chi connectivity index (χ3n) is 2.43. The maximum absolute atomic E-state index is 13.8. The second-order valence-electron chi connectivity index (χ2n) is 4.05. The number of amides is 1. The van der Waals surface area contributed by atoms with Gasteiger partial charge in [0.25, 0.3) is 5.88 Å². The number of ether oxygens (including phenoxy) is 1. The minimum absolute atomic E-state index is 0.0461. The lowest BCUT2D eigenvalue weighted by Crippen LogP contribution is -2.18. The van der Waals surface area contributed by atoms with Gasteiger partial charge in [-0.2, -0.15) is 4.39 Å². The Kier molecular flexibility index (Phi) is 3.60. The molecule has 0 saturated carbocycles. The number of nitrogens with zero attached hydrogens (tertiary/aromatic N) is 4. The van der Waals surface area contributed by atoms with E-state index in [-0.39, 0.29) is 17.3 Å². The Balaban J connectivity index is 2.54. The van der Waals surface area contributed by atoms with Crippen LogP contribution in [0.5, 0.6) is 5.88 Å². The molecule has 2 heterocycles. The topological polar surface area (TPSA) is 130 Å². The fourth-order valence-corrected chi connectivity index (χ4v) is 2.22. The number of halogens is 1. The number of nitrogens with two attached hydrogens (primary N) is 1. The Labute approximate surface area is 118 Å². The van der Waals surface area contributed by atoms with Crippen LogP contribution in [0.3, 0.4) is 0 Å². The molecule has 9 nitrogen and oxygen atoms in total. The van der Waals surface area contributed by atoms with Gasteiger partial charge in [0.1, 0.15) is 4.90 Å². The molecule has 0 aliphatic heterocycles. The average molecular weight is 315 g/mol. The zero-order valence-corrected chi connectivity index (χ0v) is 11.8. The van der Waals surface area contributed by atoms with Crippen LogP contribution in [0.1, 0.15) is 0 Å². The minimum atomic E-state index is -3.74. The number of primary amides is 1. The van der Waals surface area contributed by atoms with Crippen LogP contribution >= 0.6 is 0 Å². The SMILES string of the molecule is Cn1nnc(-c2ccc(S(C)(=O)=O)c(F)n2)c1OC(N)=O. The van der Waals surface area contributed by atoms with Crippen molar-refractivity contribution in [1.82, 2.24) is 20.0 Å². The zero-order valence-electron chi connectivity index (χ0n) is 10.9. The summed E-state index contributed by atoms with van der Waals surface area (Å²) in [4.78, 5) is 13.8. The van der Waals surface area contributed by atoms with Crippen LogP contribution in [-0.2, 0) is 16.9 Å². The summed E-state index contributed by atoms with van der Waals surface area (Å²) >= 11 is 0. The summed E-state index contributed by atoms with van der Waals surface area (Å²) in [5.74, 6) is -1.33. The van der Waals surface area contributed by atoms with E-state index >= 15 is 0 Å². The van der Waals surface area contributed by atoms with E-state index in [0.29, 0.717) is 0 Å². The van der Waals surface area contributed by atoms with Crippen molar-refractivity contribution in [1.29, 1.82) is 0 Å². The van der Waals surface area contributed by atoms with Gasteiger partial charge in [-0.05, 0) is 12.1 Å². The normalized spacial score (nSPS) is 11.4. The number of sulfone groups is 1. The molecule has 1 amide bonds.